The van der Waals surface area contributed by atoms with Crippen LogP contribution in [0, 0.1) is 6.92 Å². The molecule has 4 aromatic rings. The van der Waals surface area contributed by atoms with E-state index in [9.17, 15) is 20.2 Å². The molecule has 11 nitrogen and oxygen atoms in total. The number of nitrogens with zero attached hydrogens (tertiary/aromatic N) is 3. The summed E-state index contributed by atoms with van der Waals surface area (Å²) in [7, 11) is 1.53. The third kappa shape index (κ3) is 5.81. The molecule has 1 aliphatic rings. The van der Waals surface area contributed by atoms with Gasteiger partial charge in [-0.15, -0.1) is 0 Å². The van der Waals surface area contributed by atoms with E-state index in [0.717, 1.165) is 5.57 Å². The van der Waals surface area contributed by atoms with E-state index < -0.39 is 30.3 Å². The van der Waals surface area contributed by atoms with Gasteiger partial charge in [-0.3, -0.25) is 9.59 Å². The number of carbonyl (C=O) groups excluding carboxylic acids is 1. The van der Waals surface area contributed by atoms with Crippen LogP contribution >= 0.6 is 15.9 Å². The Kier molecular flexibility index (Phi) is 9.29. The van der Waals surface area contributed by atoms with Gasteiger partial charge in [-0.05, 0) is 67.6 Å². The molecular formula is C33H34BrN3O8. The lowest BCUT2D eigenvalue weighted by molar-refractivity contribution is -0.171. The summed E-state index contributed by atoms with van der Waals surface area (Å²) in [6.45, 7) is 8.89. The second-order valence-corrected chi connectivity index (χ2v) is 11.8. The number of ether oxygens (including phenoxy) is 4. The summed E-state index contributed by atoms with van der Waals surface area (Å²) in [6.07, 6.45) is -0.198. The smallest absolute Gasteiger partial charge is 0.303 e. The Bertz CT molecular complexity index is 1960. The van der Waals surface area contributed by atoms with Gasteiger partial charge >= 0.3 is 5.97 Å². The van der Waals surface area contributed by atoms with Crippen molar-refractivity contribution in [2.75, 3.05) is 19.0 Å². The van der Waals surface area contributed by atoms with E-state index in [0.29, 0.717) is 72.8 Å². The largest absolute Gasteiger partial charge is 0.507 e. The number of aromatic hydroxyl groups is 1. The Morgan fingerprint density at radius 3 is 2.62 bits per heavy atom. The second kappa shape index (κ2) is 13.0. The van der Waals surface area contributed by atoms with Gasteiger partial charge in [0, 0.05) is 34.9 Å². The Hall–Kier alpha value is -4.25. The highest BCUT2D eigenvalue weighted by molar-refractivity contribution is 9.09. The van der Waals surface area contributed by atoms with E-state index in [1.807, 2.05) is 39.0 Å². The van der Waals surface area contributed by atoms with Crippen LogP contribution in [0.1, 0.15) is 57.1 Å². The molecule has 1 aliphatic heterocycles. The predicted molar refractivity (Wildman–Crippen MR) is 175 cm³/mol. The first-order valence-corrected chi connectivity index (χ1v) is 15.6. The number of hydrogen-bond donors (Lipinski definition) is 1. The van der Waals surface area contributed by atoms with E-state index in [4.69, 9.17) is 23.4 Å². The Labute approximate surface area is 267 Å². The average Bonchev–Trinajstić information content (AvgIpc) is 2.99. The maximum atomic E-state index is 13.4. The number of aryl methyl sites for hydroxylation is 1. The molecule has 0 bridgehead atoms. The number of methoxy groups -OCH3 is 1. The van der Waals surface area contributed by atoms with Crippen molar-refractivity contribution >= 4 is 60.0 Å². The molecule has 0 saturated carbocycles. The van der Waals surface area contributed by atoms with Crippen LogP contribution in [0.15, 0.2) is 44.7 Å². The van der Waals surface area contributed by atoms with E-state index >= 15 is 0 Å². The Morgan fingerprint density at radius 2 is 1.98 bits per heavy atom. The number of rotatable bonds is 8. The normalized spacial score (nSPS) is 20.3. The molecular weight excluding hydrogens is 646 g/mol. The maximum absolute atomic E-state index is 13.4. The number of azide groups is 1. The van der Waals surface area contributed by atoms with Crippen molar-refractivity contribution in [2.24, 2.45) is 5.11 Å². The zero-order valence-corrected chi connectivity index (χ0v) is 27.4. The number of phenolic OH excluding ortho intramolecular Hbond substituents is 1. The molecule has 236 valence electrons. The fourth-order valence-corrected chi connectivity index (χ4v) is 6.34. The highest BCUT2D eigenvalue weighted by atomic mass is 79.9. The zero-order chi connectivity index (χ0) is 32.6. The molecule has 3 aromatic carbocycles. The first-order valence-electron chi connectivity index (χ1n) is 14.5. The third-order valence-electron chi connectivity index (χ3n) is 8.19. The van der Waals surface area contributed by atoms with Crippen LogP contribution in [0.5, 0.6) is 17.2 Å². The molecule has 1 aromatic heterocycles. The number of allylic oxidation sites excluding steroid dienone is 2. The lowest BCUT2D eigenvalue weighted by Crippen LogP contribution is -2.45. The van der Waals surface area contributed by atoms with Gasteiger partial charge in [0.1, 0.15) is 34.7 Å². The first kappa shape index (κ1) is 32.2. The highest BCUT2D eigenvalue weighted by Gasteiger charge is 2.40. The maximum Gasteiger partial charge on any atom is 0.303 e. The standard InChI is InChI=1S/C33H34BrN3O8/c1-7-15(2)24-13-22(39)27-16(3)10-19-11-20-29(26-12-21(36-37-35)31(17(4)43-26)44-18(5)38)23(40)14-25(42-9-8-34)30(20)32(41-6)28(19)33(27)45-24/h7,10-11,13-14,17,21,26,31,40H,8-9,12H2,1-6H3/b15-7+/t17-,21-,26-,31-/m1/s1. The molecule has 0 unspecified atom stereocenters. The number of benzene rings is 3. The van der Waals surface area contributed by atoms with Crippen molar-refractivity contribution in [2.45, 2.75) is 65.4 Å². The van der Waals surface area contributed by atoms with Crippen LogP contribution in [0.3, 0.4) is 0 Å². The molecule has 5 rings (SSSR count). The van der Waals surface area contributed by atoms with Crippen molar-refractivity contribution in [3.8, 4) is 17.2 Å². The molecule has 1 saturated heterocycles. The van der Waals surface area contributed by atoms with Gasteiger partial charge in [0.05, 0.1) is 48.1 Å². The number of alkyl halides is 1. The van der Waals surface area contributed by atoms with Gasteiger partial charge in [-0.1, -0.05) is 33.2 Å². The molecule has 4 atom stereocenters. The Balaban J connectivity index is 1.87. The van der Waals surface area contributed by atoms with Crippen LogP contribution < -0.4 is 14.9 Å². The number of halogens is 1. The second-order valence-electron chi connectivity index (χ2n) is 11.0. The number of hydrogen-bond acceptors (Lipinski definition) is 9. The Morgan fingerprint density at radius 1 is 1.22 bits per heavy atom. The van der Waals surface area contributed by atoms with Crippen molar-refractivity contribution in [3.63, 3.8) is 0 Å². The van der Waals surface area contributed by atoms with Gasteiger partial charge < -0.3 is 28.5 Å². The van der Waals surface area contributed by atoms with Crippen molar-refractivity contribution in [1.82, 2.24) is 0 Å². The van der Waals surface area contributed by atoms with Crippen LogP contribution in [0.4, 0.5) is 0 Å². The minimum atomic E-state index is -0.799. The summed E-state index contributed by atoms with van der Waals surface area (Å²) in [6, 6.07) is 6.03. The van der Waals surface area contributed by atoms with Crippen LogP contribution in [-0.2, 0) is 14.3 Å². The van der Waals surface area contributed by atoms with Crippen LogP contribution in [0.25, 0.3) is 48.5 Å². The molecule has 2 heterocycles. The van der Waals surface area contributed by atoms with E-state index in [1.165, 1.54) is 26.2 Å². The van der Waals surface area contributed by atoms with Crippen LogP contribution in [-0.4, -0.2) is 48.4 Å². The first-order chi connectivity index (χ1) is 21.5. The number of fused-ring (bicyclic) bond motifs is 4. The van der Waals surface area contributed by atoms with Crippen molar-refractivity contribution < 1.29 is 33.3 Å². The highest BCUT2D eigenvalue weighted by Crippen LogP contribution is 2.50. The van der Waals surface area contributed by atoms with Gasteiger partial charge in [0.25, 0.3) is 0 Å². The minimum absolute atomic E-state index is 0.0914. The van der Waals surface area contributed by atoms with E-state index in [1.54, 1.807) is 6.92 Å². The third-order valence-corrected chi connectivity index (χ3v) is 8.52. The van der Waals surface area contributed by atoms with Crippen LogP contribution in [0.2, 0.25) is 0 Å². The van der Waals surface area contributed by atoms with E-state index in [2.05, 4.69) is 26.0 Å². The predicted octanol–water partition coefficient (Wildman–Crippen LogP) is 7.78. The summed E-state index contributed by atoms with van der Waals surface area (Å²) in [5, 5.41) is 18.8. The van der Waals surface area contributed by atoms with Gasteiger partial charge in [0.2, 0.25) is 0 Å². The monoisotopic (exact) mass is 679 g/mol. The SMILES string of the molecule is C/C=C(\C)c1cc(=O)c2c(C)cc3cc4c([C@H]5C[C@@H](N=[N+]=[N-])[C@H](OC(C)=O)[C@@H](C)O5)c(O)cc(OCCBr)c4c(OC)c3c2o1. The average molecular weight is 681 g/mol. The molecule has 45 heavy (non-hydrogen) atoms. The summed E-state index contributed by atoms with van der Waals surface area (Å²) < 4.78 is 30.4. The number of phenols is 1. The van der Waals surface area contributed by atoms with E-state index in [-0.39, 0.29) is 17.6 Å². The molecule has 0 radical (unpaired) electrons. The summed E-state index contributed by atoms with van der Waals surface area (Å²) in [4.78, 5) is 28.2. The van der Waals surface area contributed by atoms with Crippen molar-refractivity contribution in [1.29, 1.82) is 0 Å². The topological polar surface area (TPSA) is 153 Å². The fraction of sp³-hybridized carbons (Fsp3) is 0.394. The quantitative estimate of drug-likeness (QED) is 0.0377. The van der Waals surface area contributed by atoms with Gasteiger partial charge in [0.15, 0.2) is 5.43 Å². The van der Waals surface area contributed by atoms with Crippen molar-refractivity contribution in [3.05, 3.63) is 67.9 Å². The molecule has 0 aliphatic carbocycles. The number of carbonyl (C=O) groups is 1. The lowest BCUT2D eigenvalue weighted by atomic mass is 9.87. The molecule has 1 fully saturated rings. The summed E-state index contributed by atoms with van der Waals surface area (Å²) in [5.41, 5.74) is 11.5. The number of esters is 1. The minimum Gasteiger partial charge on any atom is -0.507 e. The molecule has 12 heteroatoms. The zero-order valence-electron chi connectivity index (χ0n) is 25.8. The molecule has 0 amide bonds. The molecule has 0 spiro atoms. The van der Waals surface area contributed by atoms with Gasteiger partial charge in [-0.2, -0.15) is 0 Å². The lowest BCUT2D eigenvalue weighted by Gasteiger charge is -2.38. The summed E-state index contributed by atoms with van der Waals surface area (Å²) >= 11 is 3.40. The molecule has 1 N–H and O–H groups in total. The van der Waals surface area contributed by atoms with Gasteiger partial charge in [-0.25, -0.2) is 0 Å². The summed E-state index contributed by atoms with van der Waals surface area (Å²) in [5.74, 6) is 0.583. The fourth-order valence-electron chi connectivity index (χ4n) is 6.17.